The van der Waals surface area contributed by atoms with E-state index >= 15 is 0 Å². The van der Waals surface area contributed by atoms with Gasteiger partial charge in [-0.15, -0.1) is 0 Å². The number of rotatable bonds is 2. The van der Waals surface area contributed by atoms with Crippen molar-refractivity contribution in [2.75, 3.05) is 19.4 Å². The molecule has 0 heterocycles. The molecule has 0 bridgehead atoms. The van der Waals surface area contributed by atoms with Crippen LogP contribution in [0, 0.1) is 0 Å². The van der Waals surface area contributed by atoms with Crippen molar-refractivity contribution in [2.24, 2.45) is 0 Å². The van der Waals surface area contributed by atoms with Crippen molar-refractivity contribution in [3.05, 3.63) is 22.7 Å². The minimum Gasteiger partial charge on any atom is -0.495 e. The van der Waals surface area contributed by atoms with Gasteiger partial charge in [0.25, 0.3) is 0 Å². The van der Waals surface area contributed by atoms with Gasteiger partial charge in [-0.25, -0.2) is 0 Å². The highest BCUT2D eigenvalue weighted by molar-refractivity contribution is 9.10. The highest BCUT2D eigenvalue weighted by Crippen LogP contribution is 2.27. The summed E-state index contributed by atoms with van der Waals surface area (Å²) in [5.41, 5.74) is 0.505. The summed E-state index contributed by atoms with van der Waals surface area (Å²) >= 11 is 3.28. The van der Waals surface area contributed by atoms with Crippen molar-refractivity contribution >= 4 is 21.6 Å². The zero-order valence-electron chi connectivity index (χ0n) is 9.02. The molecule has 0 spiro atoms. The molecule has 1 aromatic carbocycles. The number of nitrogens with one attached hydrogen (secondary N) is 1. The molecule has 1 N–H and O–H groups in total. The Morgan fingerprint density at radius 3 is 3.09 bits per heavy atom. The van der Waals surface area contributed by atoms with E-state index in [2.05, 4.69) is 21.2 Å². The van der Waals surface area contributed by atoms with Gasteiger partial charge in [-0.2, -0.15) is 0 Å². The molecule has 0 aliphatic carbocycles. The molecule has 11 heavy (non-hydrogen) atoms. The van der Waals surface area contributed by atoms with Crippen LogP contribution in [0.2, 0.25) is 0 Å². The van der Waals surface area contributed by atoms with E-state index < -0.39 is 6.98 Å². The fourth-order valence-electron chi connectivity index (χ4n) is 0.738. The van der Waals surface area contributed by atoms with Crippen LogP contribution in [0.25, 0.3) is 0 Å². The normalized spacial score (nSPS) is 14.5. The summed E-state index contributed by atoms with van der Waals surface area (Å²) in [4.78, 5) is 0. The first kappa shape index (κ1) is 5.04. The van der Waals surface area contributed by atoms with Gasteiger partial charge >= 0.3 is 0 Å². The Bertz CT molecular complexity index is 327. The average molecular weight is 219 g/mol. The smallest absolute Gasteiger partial charge is 0.135 e. The number of hydrogen-bond acceptors (Lipinski definition) is 2. The largest absolute Gasteiger partial charge is 0.495 e. The molecule has 0 saturated carbocycles. The van der Waals surface area contributed by atoms with Crippen molar-refractivity contribution in [1.29, 1.82) is 0 Å². The molecule has 3 heteroatoms. The molecule has 60 valence electrons. The molecule has 0 unspecified atom stereocenters. The van der Waals surface area contributed by atoms with Gasteiger partial charge in [0, 0.05) is 22.8 Å². The van der Waals surface area contributed by atoms with Gasteiger partial charge in [0.1, 0.15) is 5.75 Å². The molecule has 0 aliphatic rings. The predicted octanol–water partition coefficient (Wildman–Crippen LogP) is 2.50. The summed E-state index contributed by atoms with van der Waals surface area (Å²) in [7, 11) is 1.53. The van der Waals surface area contributed by atoms with E-state index in [0.29, 0.717) is 11.4 Å². The van der Waals surface area contributed by atoms with E-state index in [1.807, 2.05) is 0 Å². The average Bonchev–Trinajstić information content (AvgIpc) is 2.06. The maximum atomic E-state index is 7.02. The lowest BCUT2D eigenvalue weighted by Gasteiger charge is -2.05. The number of hydrogen-bond donors (Lipinski definition) is 1. The summed E-state index contributed by atoms with van der Waals surface area (Å²) in [6, 6.07) is 5.02. The van der Waals surface area contributed by atoms with Crippen LogP contribution in [-0.2, 0) is 0 Å². The first-order valence-electron chi connectivity index (χ1n) is 4.54. The zero-order chi connectivity index (χ0) is 10.8. The SMILES string of the molecule is [2H]C([2H])([2H])Nc1ccc(Br)c(OC)c1. The minimum atomic E-state index is -2.18. The monoisotopic (exact) mass is 218 g/mol. The third-order valence-electron chi connectivity index (χ3n) is 1.30. The van der Waals surface area contributed by atoms with Crippen molar-refractivity contribution < 1.29 is 8.85 Å². The Balaban J connectivity index is 2.90. The van der Waals surface area contributed by atoms with E-state index in [4.69, 9.17) is 8.85 Å². The maximum absolute atomic E-state index is 7.02. The van der Waals surface area contributed by atoms with Crippen LogP contribution in [-0.4, -0.2) is 14.1 Å². The number of methoxy groups -OCH3 is 1. The van der Waals surface area contributed by atoms with Crippen molar-refractivity contribution in [2.45, 2.75) is 0 Å². The summed E-state index contributed by atoms with van der Waals surface area (Å²) in [5.74, 6) is 0.597. The van der Waals surface area contributed by atoms with Crippen LogP contribution in [0.15, 0.2) is 22.7 Å². The van der Waals surface area contributed by atoms with Gasteiger partial charge in [-0.05, 0) is 28.1 Å². The van der Waals surface area contributed by atoms with Crippen molar-refractivity contribution in [3.63, 3.8) is 0 Å². The Hall–Kier alpha value is -0.700. The molecular weight excluding hydrogens is 206 g/mol. The van der Waals surface area contributed by atoms with E-state index in [1.54, 1.807) is 18.2 Å². The number of halogens is 1. The van der Waals surface area contributed by atoms with Crippen LogP contribution in [0.5, 0.6) is 5.75 Å². The fourth-order valence-corrected chi connectivity index (χ4v) is 1.15. The Morgan fingerprint density at radius 2 is 2.45 bits per heavy atom. The van der Waals surface area contributed by atoms with Crippen LogP contribution >= 0.6 is 15.9 Å². The van der Waals surface area contributed by atoms with E-state index in [9.17, 15) is 0 Å². The molecule has 1 aromatic rings. The lowest BCUT2D eigenvalue weighted by molar-refractivity contribution is 0.412. The van der Waals surface area contributed by atoms with E-state index in [1.165, 1.54) is 7.11 Å². The number of ether oxygens (including phenoxy) is 1. The Morgan fingerprint density at radius 1 is 1.64 bits per heavy atom. The fraction of sp³-hybridized carbons (Fsp3) is 0.250. The van der Waals surface area contributed by atoms with E-state index in [0.717, 1.165) is 4.47 Å². The first-order valence-corrected chi connectivity index (χ1v) is 3.83. The second-order valence-electron chi connectivity index (χ2n) is 1.97. The third-order valence-corrected chi connectivity index (χ3v) is 1.95. The molecule has 0 saturated heterocycles. The molecule has 0 aromatic heterocycles. The maximum Gasteiger partial charge on any atom is 0.135 e. The first-order chi connectivity index (χ1) is 6.42. The van der Waals surface area contributed by atoms with Crippen LogP contribution in [0.4, 0.5) is 5.69 Å². The van der Waals surface area contributed by atoms with Crippen LogP contribution < -0.4 is 10.1 Å². The molecule has 0 aliphatic heterocycles. The van der Waals surface area contributed by atoms with Gasteiger partial charge in [0.2, 0.25) is 0 Å². The summed E-state index contributed by atoms with van der Waals surface area (Å²) in [6.07, 6.45) is 0. The van der Waals surface area contributed by atoms with Gasteiger partial charge in [0.05, 0.1) is 11.6 Å². The molecule has 0 fully saturated rings. The summed E-state index contributed by atoms with van der Waals surface area (Å²) in [6.45, 7) is -2.18. The van der Waals surface area contributed by atoms with Crippen molar-refractivity contribution in [3.8, 4) is 5.75 Å². The van der Waals surface area contributed by atoms with Gasteiger partial charge < -0.3 is 10.1 Å². The topological polar surface area (TPSA) is 21.3 Å². The summed E-state index contributed by atoms with van der Waals surface area (Å²) in [5, 5.41) is 2.38. The second-order valence-corrected chi connectivity index (χ2v) is 2.83. The molecule has 0 amide bonds. The molecular formula is C8H10BrNO. The minimum absolute atomic E-state index is 0.505. The number of benzene rings is 1. The predicted molar refractivity (Wildman–Crippen MR) is 50.2 cm³/mol. The van der Waals surface area contributed by atoms with Gasteiger partial charge in [-0.1, -0.05) is 0 Å². The van der Waals surface area contributed by atoms with E-state index in [-0.39, 0.29) is 0 Å². The quantitative estimate of drug-likeness (QED) is 0.824. The molecule has 0 radical (unpaired) electrons. The molecule has 2 nitrogen and oxygen atoms in total. The van der Waals surface area contributed by atoms with Crippen molar-refractivity contribution in [1.82, 2.24) is 0 Å². The highest BCUT2D eigenvalue weighted by atomic mass is 79.9. The Kier molecular flexibility index (Phi) is 1.66. The third kappa shape index (κ3) is 1.87. The number of anilines is 1. The molecule has 1 rings (SSSR count). The standard InChI is InChI=1S/C8H10BrNO/c1-10-6-3-4-7(9)8(5-6)11-2/h3-5,10H,1-2H3/i1D3. The lowest BCUT2D eigenvalue weighted by Crippen LogP contribution is -1.89. The highest BCUT2D eigenvalue weighted by Gasteiger charge is 1.98. The van der Waals surface area contributed by atoms with Gasteiger partial charge in [-0.3, -0.25) is 0 Å². The van der Waals surface area contributed by atoms with Gasteiger partial charge in [0.15, 0.2) is 0 Å². The lowest BCUT2D eigenvalue weighted by atomic mass is 10.3. The second kappa shape index (κ2) is 3.62. The Labute approximate surface area is 78.9 Å². The summed E-state index contributed by atoms with van der Waals surface area (Å²) < 4.78 is 26.9. The van der Waals surface area contributed by atoms with Crippen LogP contribution in [0.1, 0.15) is 4.11 Å². The zero-order valence-corrected chi connectivity index (χ0v) is 7.60. The van der Waals surface area contributed by atoms with Crippen LogP contribution in [0.3, 0.4) is 0 Å². The molecule has 0 atom stereocenters.